The molecule has 5 nitrogen and oxygen atoms in total. The molecule has 0 bridgehead atoms. The van der Waals surface area contributed by atoms with Gasteiger partial charge in [-0.3, -0.25) is 0 Å². The number of benzene rings is 2. The van der Waals surface area contributed by atoms with Gasteiger partial charge in [0.1, 0.15) is 11.6 Å². The van der Waals surface area contributed by atoms with Crippen LogP contribution in [0.2, 0.25) is 0 Å². The van der Waals surface area contributed by atoms with E-state index in [1.165, 1.54) is 24.3 Å². The molecular formula is C19H19F2N3O2. The van der Waals surface area contributed by atoms with Gasteiger partial charge in [0.05, 0.1) is 19.2 Å². The van der Waals surface area contributed by atoms with Gasteiger partial charge >= 0.3 is 6.03 Å². The zero-order chi connectivity index (χ0) is 18.4. The third-order valence-corrected chi connectivity index (χ3v) is 4.76. The first-order chi connectivity index (χ1) is 12.4. The Balaban J connectivity index is 1.70. The molecule has 0 aliphatic carbocycles. The van der Waals surface area contributed by atoms with Crippen molar-refractivity contribution in [3.05, 3.63) is 48.0 Å². The van der Waals surface area contributed by atoms with E-state index in [1.54, 1.807) is 17.0 Å². The lowest BCUT2D eigenvalue weighted by molar-refractivity contribution is 0.117. The van der Waals surface area contributed by atoms with Crippen molar-refractivity contribution in [2.45, 2.75) is 25.6 Å². The van der Waals surface area contributed by atoms with Gasteiger partial charge in [0.15, 0.2) is 0 Å². The standard InChI is InChI=1S/C19H19F2N3O2/c1-11-8-23(19(26)22-11)9-14(25)10-24-17-4-2-12(20)6-15(17)16-7-13(21)3-5-18(16)24/h2-7,11,14,25H,8-10H2,1H3,(H,22,26). The number of halogens is 2. The van der Waals surface area contributed by atoms with Crippen molar-refractivity contribution in [1.82, 2.24) is 14.8 Å². The Morgan fingerprint density at radius 3 is 2.19 bits per heavy atom. The van der Waals surface area contributed by atoms with E-state index in [0.717, 1.165) is 0 Å². The number of urea groups is 1. The fourth-order valence-electron chi connectivity index (χ4n) is 3.69. The Kier molecular flexibility index (Phi) is 4.03. The molecule has 2 N–H and O–H groups in total. The highest BCUT2D eigenvalue weighted by atomic mass is 19.1. The van der Waals surface area contributed by atoms with Crippen molar-refractivity contribution in [1.29, 1.82) is 0 Å². The van der Waals surface area contributed by atoms with E-state index in [9.17, 15) is 18.7 Å². The van der Waals surface area contributed by atoms with Crippen molar-refractivity contribution >= 4 is 27.8 Å². The monoisotopic (exact) mass is 359 g/mol. The van der Waals surface area contributed by atoms with E-state index in [1.807, 2.05) is 11.5 Å². The summed E-state index contributed by atoms with van der Waals surface area (Å²) < 4.78 is 29.2. The summed E-state index contributed by atoms with van der Waals surface area (Å²) in [4.78, 5) is 13.4. The summed E-state index contributed by atoms with van der Waals surface area (Å²) in [6.45, 7) is 2.86. The molecule has 4 rings (SSSR count). The van der Waals surface area contributed by atoms with E-state index in [-0.39, 0.29) is 25.2 Å². The van der Waals surface area contributed by atoms with Crippen LogP contribution in [0.25, 0.3) is 21.8 Å². The number of nitrogens with one attached hydrogen (secondary N) is 1. The second-order valence-electron chi connectivity index (χ2n) is 6.84. The lowest BCUT2D eigenvalue weighted by Gasteiger charge is -2.20. The topological polar surface area (TPSA) is 57.5 Å². The zero-order valence-electron chi connectivity index (χ0n) is 14.2. The van der Waals surface area contributed by atoms with Gasteiger partial charge in [0, 0.05) is 34.4 Å². The van der Waals surface area contributed by atoms with E-state index >= 15 is 0 Å². The fourth-order valence-corrected chi connectivity index (χ4v) is 3.69. The molecule has 1 aliphatic rings. The van der Waals surface area contributed by atoms with Crippen LogP contribution in [-0.2, 0) is 6.54 Å². The molecule has 136 valence electrons. The van der Waals surface area contributed by atoms with Gasteiger partial charge in [0.25, 0.3) is 0 Å². The maximum Gasteiger partial charge on any atom is 0.317 e. The number of aliphatic hydroxyl groups is 1. The first-order valence-electron chi connectivity index (χ1n) is 8.53. The Morgan fingerprint density at radius 2 is 1.69 bits per heavy atom. The summed E-state index contributed by atoms with van der Waals surface area (Å²) in [5, 5.41) is 14.5. The van der Waals surface area contributed by atoms with Gasteiger partial charge in [0.2, 0.25) is 0 Å². The number of fused-ring (bicyclic) bond motifs is 3. The minimum atomic E-state index is -0.806. The minimum Gasteiger partial charge on any atom is -0.389 e. The molecule has 3 aromatic rings. The lowest BCUT2D eigenvalue weighted by atomic mass is 10.1. The first kappa shape index (κ1) is 16.8. The van der Waals surface area contributed by atoms with Crippen LogP contribution in [0.4, 0.5) is 13.6 Å². The molecule has 2 unspecified atom stereocenters. The van der Waals surface area contributed by atoms with E-state index < -0.39 is 17.7 Å². The summed E-state index contributed by atoms with van der Waals surface area (Å²) >= 11 is 0. The molecular weight excluding hydrogens is 340 g/mol. The number of amides is 2. The van der Waals surface area contributed by atoms with Gasteiger partial charge in [-0.1, -0.05) is 0 Å². The number of β-amino-alcohol motifs (C(OH)–C–C–N with tert-alkyl or cyclic N) is 1. The maximum absolute atomic E-state index is 13.7. The maximum atomic E-state index is 13.7. The number of nitrogens with zero attached hydrogens (tertiary/aromatic N) is 2. The molecule has 2 heterocycles. The van der Waals surface area contributed by atoms with E-state index in [0.29, 0.717) is 28.4 Å². The molecule has 2 amide bonds. The molecule has 1 fully saturated rings. The molecule has 1 aromatic heterocycles. The summed E-state index contributed by atoms with van der Waals surface area (Å²) in [5.74, 6) is -0.798. The summed E-state index contributed by atoms with van der Waals surface area (Å²) in [6.07, 6.45) is -0.806. The summed E-state index contributed by atoms with van der Waals surface area (Å²) in [7, 11) is 0. The van der Waals surface area contributed by atoms with E-state index in [2.05, 4.69) is 5.32 Å². The highest BCUT2D eigenvalue weighted by molar-refractivity contribution is 6.08. The Labute approximate surface area is 148 Å². The van der Waals surface area contributed by atoms with Gasteiger partial charge in [-0.05, 0) is 43.3 Å². The number of rotatable bonds is 4. The Hall–Kier alpha value is -2.67. The first-order valence-corrected chi connectivity index (χ1v) is 8.53. The third kappa shape index (κ3) is 2.88. The number of hydrogen-bond donors (Lipinski definition) is 2. The van der Waals surface area contributed by atoms with Crippen LogP contribution in [-0.4, -0.2) is 45.8 Å². The molecule has 7 heteroatoms. The van der Waals surface area contributed by atoms with Crippen molar-refractivity contribution in [2.75, 3.05) is 13.1 Å². The number of hydrogen-bond acceptors (Lipinski definition) is 2. The van der Waals surface area contributed by atoms with Gasteiger partial charge in [-0.2, -0.15) is 0 Å². The minimum absolute atomic E-state index is 0.0499. The van der Waals surface area contributed by atoms with Crippen LogP contribution in [0.5, 0.6) is 0 Å². The predicted molar refractivity (Wildman–Crippen MR) is 94.9 cm³/mol. The normalized spacial score (nSPS) is 18.7. The van der Waals surface area contributed by atoms with Crippen molar-refractivity contribution in [3.63, 3.8) is 0 Å². The Bertz CT molecular complexity index is 942. The van der Waals surface area contributed by atoms with Gasteiger partial charge in [-0.15, -0.1) is 0 Å². The molecule has 0 radical (unpaired) electrons. The van der Waals surface area contributed by atoms with Crippen molar-refractivity contribution in [2.24, 2.45) is 0 Å². The zero-order valence-corrected chi connectivity index (χ0v) is 14.2. The van der Waals surface area contributed by atoms with Crippen LogP contribution < -0.4 is 5.32 Å². The fraction of sp³-hybridized carbons (Fsp3) is 0.316. The summed E-state index contributed by atoms with van der Waals surface area (Å²) in [6, 6.07) is 8.54. The average Bonchev–Trinajstić information content (AvgIpc) is 3.04. The molecule has 0 spiro atoms. The Morgan fingerprint density at radius 1 is 1.12 bits per heavy atom. The molecule has 2 atom stereocenters. The molecule has 0 saturated carbocycles. The number of carbonyl (C=O) groups excluding carboxylic acids is 1. The highest BCUT2D eigenvalue weighted by Crippen LogP contribution is 2.30. The number of aromatic nitrogens is 1. The van der Waals surface area contributed by atoms with Crippen LogP contribution >= 0.6 is 0 Å². The van der Waals surface area contributed by atoms with E-state index in [4.69, 9.17) is 0 Å². The van der Waals surface area contributed by atoms with Crippen LogP contribution in [0.3, 0.4) is 0 Å². The predicted octanol–water partition coefficient (Wildman–Crippen LogP) is 2.85. The number of aliphatic hydroxyl groups excluding tert-OH is 1. The summed E-state index contributed by atoms with van der Waals surface area (Å²) in [5.41, 5.74) is 1.43. The smallest absolute Gasteiger partial charge is 0.317 e. The average molecular weight is 359 g/mol. The molecule has 2 aromatic carbocycles. The van der Waals surface area contributed by atoms with Crippen LogP contribution in [0.1, 0.15) is 6.92 Å². The van der Waals surface area contributed by atoms with Crippen molar-refractivity contribution < 1.29 is 18.7 Å². The second kappa shape index (κ2) is 6.25. The van der Waals surface area contributed by atoms with Crippen LogP contribution in [0.15, 0.2) is 36.4 Å². The van der Waals surface area contributed by atoms with Gasteiger partial charge in [-0.25, -0.2) is 13.6 Å². The quantitative estimate of drug-likeness (QED) is 0.753. The second-order valence-corrected chi connectivity index (χ2v) is 6.84. The molecule has 26 heavy (non-hydrogen) atoms. The SMILES string of the molecule is CC1CN(CC(O)Cn2c3ccc(F)cc3c3cc(F)ccc32)C(=O)N1. The highest BCUT2D eigenvalue weighted by Gasteiger charge is 2.27. The third-order valence-electron chi connectivity index (χ3n) is 4.76. The van der Waals surface area contributed by atoms with Crippen LogP contribution in [0, 0.1) is 11.6 Å². The lowest BCUT2D eigenvalue weighted by Crippen LogP contribution is -2.37. The molecule has 1 saturated heterocycles. The largest absolute Gasteiger partial charge is 0.389 e. The van der Waals surface area contributed by atoms with Gasteiger partial charge < -0.3 is 19.9 Å². The number of carbonyl (C=O) groups is 1. The van der Waals surface area contributed by atoms with Crippen molar-refractivity contribution in [3.8, 4) is 0 Å². The molecule has 1 aliphatic heterocycles.